The Kier molecular flexibility index (Phi) is 5.30. The summed E-state index contributed by atoms with van der Waals surface area (Å²) in [4.78, 5) is 10.4. The van der Waals surface area contributed by atoms with Crippen molar-refractivity contribution in [3.05, 3.63) is 65.4 Å². The topological polar surface area (TPSA) is 35.6 Å². The number of rotatable bonds is 6. The van der Waals surface area contributed by atoms with E-state index in [1.54, 1.807) is 0 Å². The first-order chi connectivity index (χ1) is 16.7. The molecule has 0 saturated carbocycles. The molecule has 0 unspecified atom stereocenters. The second-order valence-electron chi connectivity index (χ2n) is 9.13. The van der Waals surface area contributed by atoms with Crippen molar-refractivity contribution in [2.75, 3.05) is 0 Å². The number of unbranched alkanes of at least 4 members (excludes halogenated alkanes) is 2. The highest BCUT2D eigenvalue weighted by Gasteiger charge is 2.16. The normalized spacial score (nSPS) is 12.1. The van der Waals surface area contributed by atoms with Gasteiger partial charge in [0.05, 0.1) is 33.1 Å². The molecule has 2 heterocycles. The van der Waals surface area contributed by atoms with E-state index in [0.717, 1.165) is 76.4 Å². The van der Waals surface area contributed by atoms with Crippen LogP contribution in [-0.4, -0.2) is 19.1 Å². The zero-order valence-electron chi connectivity index (χ0n) is 19.7. The lowest BCUT2D eigenvalue weighted by molar-refractivity contribution is 0.590. The fourth-order valence-corrected chi connectivity index (χ4v) is 5.53. The summed E-state index contributed by atoms with van der Waals surface area (Å²) < 4.78 is 5.51. The van der Waals surface area contributed by atoms with Gasteiger partial charge in [-0.2, -0.15) is 0 Å². The van der Waals surface area contributed by atoms with Crippen LogP contribution in [0, 0.1) is 4.77 Å². The van der Waals surface area contributed by atoms with Gasteiger partial charge in [-0.3, -0.25) is 0 Å². The predicted molar refractivity (Wildman–Crippen MR) is 146 cm³/mol. The monoisotopic (exact) mass is 464 g/mol. The molecular formula is C29H28N4S. The second-order valence-corrected chi connectivity index (χ2v) is 9.50. The first kappa shape index (κ1) is 21.2. The molecule has 6 rings (SSSR count). The van der Waals surface area contributed by atoms with E-state index in [1.165, 1.54) is 21.8 Å². The molecule has 4 aromatic carbocycles. The van der Waals surface area contributed by atoms with E-state index in [-0.39, 0.29) is 0 Å². The fourth-order valence-electron chi connectivity index (χ4n) is 5.15. The van der Waals surface area contributed by atoms with E-state index in [0.29, 0.717) is 0 Å². The maximum absolute atomic E-state index is 5.95. The number of benzene rings is 4. The summed E-state index contributed by atoms with van der Waals surface area (Å²) in [6.07, 6.45) is 4.50. The van der Waals surface area contributed by atoms with Gasteiger partial charge in [0, 0.05) is 23.9 Å². The quantitative estimate of drug-likeness (QED) is 0.142. The van der Waals surface area contributed by atoms with Crippen molar-refractivity contribution in [1.82, 2.24) is 19.1 Å². The summed E-state index contributed by atoms with van der Waals surface area (Å²) >= 11 is 5.95. The summed E-state index contributed by atoms with van der Waals surface area (Å²) in [5, 5.41) is 4.73. The Bertz CT molecular complexity index is 1630. The fraction of sp³-hybridized carbons (Fsp3) is 0.276. The van der Waals surface area contributed by atoms with Gasteiger partial charge in [0.15, 0.2) is 4.77 Å². The molecule has 6 aromatic rings. The molecule has 0 fully saturated rings. The van der Waals surface area contributed by atoms with Crippen LogP contribution in [0.2, 0.25) is 0 Å². The van der Waals surface area contributed by atoms with Crippen LogP contribution in [0.5, 0.6) is 0 Å². The number of nitrogens with zero attached hydrogens (tertiary/aromatic N) is 4. The molecule has 0 spiro atoms. The van der Waals surface area contributed by atoms with Crippen LogP contribution in [0.25, 0.3) is 54.6 Å². The molecule has 0 aliphatic rings. The minimum atomic E-state index is 0.910. The van der Waals surface area contributed by atoms with E-state index < -0.39 is 0 Å². The first-order valence-electron chi connectivity index (χ1n) is 12.3. The predicted octanol–water partition coefficient (Wildman–Crippen LogP) is 8.18. The Labute approximate surface area is 203 Å². The van der Waals surface area contributed by atoms with E-state index in [4.69, 9.17) is 22.2 Å². The Hall–Kier alpha value is -3.31. The average molecular weight is 465 g/mol. The summed E-state index contributed by atoms with van der Waals surface area (Å²) in [5.74, 6) is 0. The third kappa shape index (κ3) is 3.22. The lowest BCUT2D eigenvalue weighted by Gasteiger charge is -2.10. The molecule has 0 radical (unpaired) electrons. The van der Waals surface area contributed by atoms with Crippen molar-refractivity contribution in [3.63, 3.8) is 0 Å². The van der Waals surface area contributed by atoms with Gasteiger partial charge in [-0.25, -0.2) is 9.97 Å². The number of hydrogen-bond donors (Lipinski definition) is 0. The van der Waals surface area contributed by atoms with Gasteiger partial charge in [-0.1, -0.05) is 75.2 Å². The maximum atomic E-state index is 5.95. The van der Waals surface area contributed by atoms with Crippen molar-refractivity contribution in [2.45, 2.75) is 52.6 Å². The Balaban J connectivity index is 1.73. The van der Waals surface area contributed by atoms with Crippen LogP contribution in [0.4, 0.5) is 0 Å². The molecular weight excluding hydrogens is 436 g/mol. The molecule has 0 N–H and O–H groups in total. The van der Waals surface area contributed by atoms with Gasteiger partial charge < -0.3 is 9.13 Å². The van der Waals surface area contributed by atoms with Crippen LogP contribution < -0.4 is 0 Å². The highest BCUT2D eigenvalue weighted by molar-refractivity contribution is 7.71. The van der Waals surface area contributed by atoms with Gasteiger partial charge in [-0.05, 0) is 48.0 Å². The van der Waals surface area contributed by atoms with Gasteiger partial charge >= 0.3 is 0 Å². The first-order valence-corrected chi connectivity index (χ1v) is 12.8. The van der Waals surface area contributed by atoms with Crippen molar-refractivity contribution in [2.24, 2.45) is 0 Å². The van der Waals surface area contributed by atoms with Gasteiger partial charge in [0.1, 0.15) is 0 Å². The summed E-state index contributed by atoms with van der Waals surface area (Å²) in [7, 11) is 0. The Morgan fingerprint density at radius 3 is 1.47 bits per heavy atom. The van der Waals surface area contributed by atoms with Crippen LogP contribution in [0.3, 0.4) is 0 Å². The van der Waals surface area contributed by atoms with E-state index in [2.05, 4.69) is 83.6 Å². The van der Waals surface area contributed by atoms with Crippen LogP contribution in [0.1, 0.15) is 39.5 Å². The van der Waals surface area contributed by atoms with Crippen molar-refractivity contribution >= 4 is 66.9 Å². The number of aromatic nitrogens is 4. The number of fused-ring (bicyclic) bond motifs is 8. The maximum Gasteiger partial charge on any atom is 0.180 e. The summed E-state index contributed by atoms with van der Waals surface area (Å²) in [6.45, 7) is 6.32. The lowest BCUT2D eigenvalue weighted by Crippen LogP contribution is -2.01. The van der Waals surface area contributed by atoms with E-state index >= 15 is 0 Å². The molecule has 2 aromatic heterocycles. The minimum absolute atomic E-state index is 0.910. The van der Waals surface area contributed by atoms with Gasteiger partial charge in [-0.15, -0.1) is 0 Å². The highest BCUT2D eigenvalue weighted by Crippen LogP contribution is 2.35. The summed E-state index contributed by atoms with van der Waals surface area (Å²) in [5.41, 5.74) is 6.11. The molecule has 0 aliphatic heterocycles. The van der Waals surface area contributed by atoms with Crippen LogP contribution in [0.15, 0.2) is 60.7 Å². The SMILES string of the molecule is CCCCn1c(=S)n(CCCC)c2cc3nc4c5ccccc5c5ccccc5c4nc3cc21. The molecule has 5 heteroatoms. The third-order valence-corrected chi connectivity index (χ3v) is 7.37. The lowest BCUT2D eigenvalue weighted by atomic mass is 9.99. The van der Waals surface area contributed by atoms with Crippen molar-refractivity contribution < 1.29 is 0 Å². The average Bonchev–Trinajstić information content (AvgIpc) is 3.13. The standard InChI is InChI=1S/C29H28N4S/c1-3-5-15-32-25-17-23-24(18-26(25)33(29(32)34)16-6-4-2)31-28-22-14-10-8-12-20(22)19-11-7-9-13-21(19)27(28)30-23/h7-14,17-18H,3-6,15-16H2,1-2H3. The molecule has 0 amide bonds. The number of hydrogen-bond acceptors (Lipinski definition) is 3. The molecule has 34 heavy (non-hydrogen) atoms. The van der Waals surface area contributed by atoms with E-state index in [1.807, 2.05) is 0 Å². The van der Waals surface area contributed by atoms with Crippen molar-refractivity contribution in [3.8, 4) is 0 Å². The van der Waals surface area contributed by atoms with Gasteiger partial charge in [0.2, 0.25) is 0 Å². The smallest absolute Gasteiger partial charge is 0.180 e. The molecule has 0 saturated heterocycles. The zero-order valence-corrected chi connectivity index (χ0v) is 20.5. The minimum Gasteiger partial charge on any atom is -0.317 e. The Morgan fingerprint density at radius 1 is 0.647 bits per heavy atom. The number of imidazole rings is 1. The van der Waals surface area contributed by atoms with E-state index in [9.17, 15) is 0 Å². The summed E-state index contributed by atoms with van der Waals surface area (Å²) in [6, 6.07) is 21.5. The van der Waals surface area contributed by atoms with Crippen molar-refractivity contribution in [1.29, 1.82) is 0 Å². The number of aryl methyl sites for hydroxylation is 2. The highest BCUT2D eigenvalue weighted by atomic mass is 32.1. The molecule has 170 valence electrons. The molecule has 0 bridgehead atoms. The second kappa shape index (κ2) is 8.48. The molecule has 4 nitrogen and oxygen atoms in total. The third-order valence-electron chi connectivity index (χ3n) is 6.93. The Morgan fingerprint density at radius 2 is 1.06 bits per heavy atom. The van der Waals surface area contributed by atoms with Crippen LogP contribution in [-0.2, 0) is 13.1 Å². The zero-order chi connectivity index (χ0) is 23.2. The van der Waals surface area contributed by atoms with Crippen LogP contribution >= 0.6 is 12.2 Å². The molecule has 0 atom stereocenters. The largest absolute Gasteiger partial charge is 0.317 e. The van der Waals surface area contributed by atoms with Gasteiger partial charge in [0.25, 0.3) is 0 Å². The molecule has 0 aliphatic carbocycles.